The van der Waals surface area contributed by atoms with Crippen molar-refractivity contribution in [3.05, 3.63) is 46.2 Å². The standard InChI is InChI=1S/C11H8BrF3N4.2ClH/c12-6-4-18-19(5-6)7-1-2-8(10(16)17)9(3-7)11(13,14)15;;/h1-5H,(H3,16,17);2*1H. The second-order valence-corrected chi connectivity index (χ2v) is 4.66. The Hall–Kier alpha value is -1.25. The van der Waals surface area contributed by atoms with Gasteiger partial charge in [-0.25, -0.2) is 4.68 Å². The second-order valence-electron chi connectivity index (χ2n) is 3.74. The number of benzene rings is 1. The first-order valence-corrected chi connectivity index (χ1v) is 5.84. The highest BCUT2D eigenvalue weighted by atomic mass is 79.9. The van der Waals surface area contributed by atoms with Gasteiger partial charge in [-0.15, -0.1) is 24.8 Å². The normalized spacial score (nSPS) is 10.5. The van der Waals surface area contributed by atoms with Crippen LogP contribution in [0.5, 0.6) is 0 Å². The first-order valence-electron chi connectivity index (χ1n) is 5.05. The van der Waals surface area contributed by atoms with Gasteiger partial charge in [0.1, 0.15) is 5.84 Å². The van der Waals surface area contributed by atoms with Gasteiger partial charge < -0.3 is 5.73 Å². The van der Waals surface area contributed by atoms with Crippen LogP contribution in [-0.4, -0.2) is 15.6 Å². The van der Waals surface area contributed by atoms with Crippen LogP contribution < -0.4 is 5.73 Å². The van der Waals surface area contributed by atoms with Crippen molar-refractivity contribution in [2.45, 2.75) is 6.18 Å². The van der Waals surface area contributed by atoms with Gasteiger partial charge >= 0.3 is 6.18 Å². The summed E-state index contributed by atoms with van der Waals surface area (Å²) in [5.74, 6) is -0.625. The maximum absolute atomic E-state index is 12.9. The Labute approximate surface area is 139 Å². The van der Waals surface area contributed by atoms with Crippen LogP contribution in [0.3, 0.4) is 0 Å². The topological polar surface area (TPSA) is 67.7 Å². The van der Waals surface area contributed by atoms with E-state index in [2.05, 4.69) is 21.0 Å². The number of halogens is 6. The summed E-state index contributed by atoms with van der Waals surface area (Å²) in [4.78, 5) is 0. The fourth-order valence-corrected chi connectivity index (χ4v) is 1.87. The van der Waals surface area contributed by atoms with Crippen molar-refractivity contribution < 1.29 is 13.2 Å². The zero-order chi connectivity index (χ0) is 14.2. The van der Waals surface area contributed by atoms with E-state index in [1.165, 1.54) is 23.1 Å². The summed E-state index contributed by atoms with van der Waals surface area (Å²) >= 11 is 3.17. The molecule has 0 aliphatic rings. The van der Waals surface area contributed by atoms with Crippen molar-refractivity contribution in [2.24, 2.45) is 5.73 Å². The third-order valence-electron chi connectivity index (χ3n) is 2.41. The van der Waals surface area contributed by atoms with Gasteiger partial charge in [0.2, 0.25) is 0 Å². The summed E-state index contributed by atoms with van der Waals surface area (Å²) in [6, 6.07) is 3.50. The predicted molar refractivity (Wildman–Crippen MR) is 81.8 cm³/mol. The molecule has 3 N–H and O–H groups in total. The molecule has 0 spiro atoms. The van der Waals surface area contributed by atoms with E-state index in [0.29, 0.717) is 4.47 Å². The van der Waals surface area contributed by atoms with Gasteiger partial charge in [0.15, 0.2) is 0 Å². The molecule has 0 aliphatic heterocycles. The summed E-state index contributed by atoms with van der Waals surface area (Å²) in [6.07, 6.45) is -1.59. The van der Waals surface area contributed by atoms with E-state index in [0.717, 1.165) is 12.1 Å². The number of nitrogens with two attached hydrogens (primary N) is 1. The molecule has 1 heterocycles. The molecule has 0 fully saturated rings. The molecule has 0 saturated carbocycles. The molecule has 0 bridgehead atoms. The first-order chi connectivity index (χ1) is 8.79. The molecule has 2 aromatic rings. The first kappa shape index (κ1) is 19.8. The molecule has 0 saturated heterocycles. The Balaban J connectivity index is 0.00000200. The van der Waals surface area contributed by atoms with E-state index in [1.54, 1.807) is 0 Å². The monoisotopic (exact) mass is 404 g/mol. The highest BCUT2D eigenvalue weighted by Crippen LogP contribution is 2.33. The Morgan fingerprint density at radius 3 is 2.33 bits per heavy atom. The average Bonchev–Trinajstić information content (AvgIpc) is 2.74. The van der Waals surface area contributed by atoms with Gasteiger partial charge in [-0.1, -0.05) is 0 Å². The van der Waals surface area contributed by atoms with Crippen molar-refractivity contribution in [1.29, 1.82) is 5.41 Å². The van der Waals surface area contributed by atoms with Crippen molar-refractivity contribution in [2.75, 3.05) is 0 Å². The number of amidine groups is 1. The lowest BCUT2D eigenvalue weighted by molar-refractivity contribution is -0.137. The van der Waals surface area contributed by atoms with Gasteiger partial charge in [0.05, 0.1) is 21.9 Å². The second kappa shape index (κ2) is 7.15. The zero-order valence-corrected chi connectivity index (χ0v) is 13.4. The number of rotatable bonds is 2. The number of hydrogen-bond donors (Lipinski definition) is 2. The minimum absolute atomic E-state index is 0. The molecule has 0 radical (unpaired) electrons. The van der Waals surface area contributed by atoms with Gasteiger partial charge in [0.25, 0.3) is 0 Å². The van der Waals surface area contributed by atoms with Crippen LogP contribution in [0.1, 0.15) is 11.1 Å². The smallest absolute Gasteiger partial charge is 0.384 e. The van der Waals surface area contributed by atoms with E-state index in [4.69, 9.17) is 11.1 Å². The lowest BCUT2D eigenvalue weighted by Gasteiger charge is -2.13. The Kier molecular flexibility index (Phi) is 6.72. The molecule has 116 valence electrons. The van der Waals surface area contributed by atoms with Crippen molar-refractivity contribution in [1.82, 2.24) is 9.78 Å². The summed E-state index contributed by atoms with van der Waals surface area (Å²) < 4.78 is 40.7. The fraction of sp³-hybridized carbons (Fsp3) is 0.0909. The van der Waals surface area contributed by atoms with Gasteiger partial charge in [-0.3, -0.25) is 5.41 Å². The van der Waals surface area contributed by atoms with Crippen LogP contribution in [-0.2, 0) is 6.18 Å². The number of nitrogens with zero attached hydrogens (tertiary/aromatic N) is 2. The lowest BCUT2D eigenvalue weighted by Crippen LogP contribution is -2.19. The summed E-state index contributed by atoms with van der Waals surface area (Å²) in [5, 5.41) is 11.1. The van der Waals surface area contributed by atoms with Gasteiger partial charge in [-0.05, 0) is 34.1 Å². The van der Waals surface area contributed by atoms with Crippen LogP contribution in [0.4, 0.5) is 13.2 Å². The minimum atomic E-state index is -4.58. The van der Waals surface area contributed by atoms with E-state index < -0.39 is 17.6 Å². The van der Waals surface area contributed by atoms with Crippen molar-refractivity contribution in [3.63, 3.8) is 0 Å². The predicted octanol–water partition coefficient (Wildman–Crippen LogP) is 3.78. The number of nitrogens with one attached hydrogen (secondary N) is 1. The Morgan fingerprint density at radius 2 is 1.90 bits per heavy atom. The zero-order valence-electron chi connectivity index (χ0n) is 10.2. The summed E-state index contributed by atoms with van der Waals surface area (Å²) in [7, 11) is 0. The SMILES string of the molecule is Cl.Cl.N=C(N)c1ccc(-n2cc(Br)cn2)cc1C(F)(F)F. The Bertz CT molecular complexity index is 643. The lowest BCUT2D eigenvalue weighted by atomic mass is 10.1. The van der Waals surface area contributed by atoms with Crippen molar-refractivity contribution in [3.8, 4) is 5.69 Å². The number of aromatic nitrogens is 2. The van der Waals surface area contributed by atoms with Crippen LogP contribution in [0.25, 0.3) is 5.69 Å². The number of alkyl halides is 3. The Morgan fingerprint density at radius 1 is 1.29 bits per heavy atom. The number of nitrogen functional groups attached to an aromatic ring is 1. The highest BCUT2D eigenvalue weighted by Gasteiger charge is 2.34. The molecular formula is C11H10BrCl2F3N4. The molecule has 21 heavy (non-hydrogen) atoms. The largest absolute Gasteiger partial charge is 0.417 e. The van der Waals surface area contributed by atoms with Crippen LogP contribution in [0, 0.1) is 5.41 Å². The van der Waals surface area contributed by atoms with Gasteiger partial charge in [-0.2, -0.15) is 18.3 Å². The van der Waals surface area contributed by atoms with Crippen LogP contribution >= 0.6 is 40.7 Å². The third kappa shape index (κ3) is 4.36. The molecule has 0 unspecified atom stereocenters. The number of hydrogen-bond acceptors (Lipinski definition) is 2. The molecule has 4 nitrogen and oxygen atoms in total. The molecule has 2 rings (SSSR count). The molecular weight excluding hydrogens is 396 g/mol. The maximum atomic E-state index is 12.9. The van der Waals surface area contributed by atoms with E-state index in [1.807, 2.05) is 0 Å². The molecule has 10 heteroatoms. The third-order valence-corrected chi connectivity index (χ3v) is 2.82. The quantitative estimate of drug-likeness (QED) is 0.589. The van der Waals surface area contributed by atoms with E-state index >= 15 is 0 Å². The minimum Gasteiger partial charge on any atom is -0.384 e. The van der Waals surface area contributed by atoms with E-state index in [-0.39, 0.29) is 36.1 Å². The molecule has 0 atom stereocenters. The van der Waals surface area contributed by atoms with Crippen LogP contribution in [0.2, 0.25) is 0 Å². The average molecular weight is 406 g/mol. The molecule has 1 aromatic carbocycles. The fourth-order valence-electron chi connectivity index (χ4n) is 1.59. The summed E-state index contributed by atoms with van der Waals surface area (Å²) in [5.41, 5.74) is 4.10. The van der Waals surface area contributed by atoms with Gasteiger partial charge in [0, 0.05) is 11.8 Å². The molecule has 0 aliphatic carbocycles. The van der Waals surface area contributed by atoms with Crippen LogP contribution in [0.15, 0.2) is 35.1 Å². The highest BCUT2D eigenvalue weighted by molar-refractivity contribution is 9.10. The molecule has 0 amide bonds. The van der Waals surface area contributed by atoms with E-state index in [9.17, 15) is 13.2 Å². The molecule has 1 aromatic heterocycles. The van der Waals surface area contributed by atoms with Crippen molar-refractivity contribution >= 4 is 46.6 Å². The maximum Gasteiger partial charge on any atom is 0.417 e. The summed E-state index contributed by atoms with van der Waals surface area (Å²) in [6.45, 7) is 0.